The monoisotopic (exact) mass is 479 g/mol. The highest BCUT2D eigenvalue weighted by Crippen LogP contribution is 2.42. The molecule has 5 aromatic rings. The molecule has 0 aliphatic rings. The molecule has 32 heavy (non-hydrogen) atoms. The van der Waals surface area contributed by atoms with E-state index in [0.717, 1.165) is 27.1 Å². The summed E-state index contributed by atoms with van der Waals surface area (Å²) in [7, 11) is 0. The van der Waals surface area contributed by atoms with Gasteiger partial charge < -0.3 is 11.1 Å². The fourth-order valence-electron chi connectivity index (χ4n) is 3.42. The third-order valence-corrected chi connectivity index (χ3v) is 7.18. The maximum absolute atomic E-state index is 13.2. The van der Waals surface area contributed by atoms with Crippen molar-refractivity contribution in [3.05, 3.63) is 87.8 Å². The average Bonchev–Trinajstić information content (AvgIpc) is 3.44. The molecular weight excluding hydrogens is 465 g/mol. The molecule has 158 valence electrons. The van der Waals surface area contributed by atoms with Crippen LogP contribution >= 0.6 is 34.3 Å². The zero-order chi connectivity index (χ0) is 22.2. The van der Waals surface area contributed by atoms with E-state index < -0.39 is 0 Å². The number of carbonyl (C=O) groups excluding carboxylic acids is 1. The van der Waals surface area contributed by atoms with Crippen LogP contribution in [-0.2, 0) is 0 Å². The second-order valence-electron chi connectivity index (χ2n) is 7.03. The van der Waals surface area contributed by atoms with E-state index in [9.17, 15) is 9.18 Å². The number of benzene rings is 2. The number of nitrogens with zero attached hydrogens (tertiary/aromatic N) is 1. The van der Waals surface area contributed by atoms with E-state index in [1.807, 2.05) is 47.8 Å². The summed E-state index contributed by atoms with van der Waals surface area (Å²) in [6.07, 6.45) is 0. The number of hydrogen-bond donors (Lipinski definition) is 2. The van der Waals surface area contributed by atoms with Crippen LogP contribution in [-0.4, -0.2) is 10.9 Å². The number of amides is 1. The number of aromatic nitrogens is 1. The molecule has 0 saturated heterocycles. The van der Waals surface area contributed by atoms with Crippen molar-refractivity contribution in [1.29, 1.82) is 0 Å². The smallest absolute Gasteiger partial charge is 0.267 e. The Morgan fingerprint density at radius 1 is 1.06 bits per heavy atom. The molecule has 5 rings (SSSR count). The highest BCUT2D eigenvalue weighted by Gasteiger charge is 2.22. The van der Waals surface area contributed by atoms with Crippen LogP contribution in [0.3, 0.4) is 0 Å². The van der Waals surface area contributed by atoms with E-state index in [4.69, 9.17) is 22.3 Å². The van der Waals surface area contributed by atoms with E-state index in [-0.39, 0.29) is 11.7 Å². The third-order valence-electron chi connectivity index (χ3n) is 4.94. The Labute approximate surface area is 196 Å². The lowest BCUT2D eigenvalue weighted by Gasteiger charge is -2.08. The number of nitrogens with two attached hydrogens (primary N) is 1. The summed E-state index contributed by atoms with van der Waals surface area (Å²) in [5, 5.41) is 6.13. The van der Waals surface area contributed by atoms with E-state index in [1.54, 1.807) is 11.3 Å². The van der Waals surface area contributed by atoms with Gasteiger partial charge in [-0.3, -0.25) is 4.79 Å². The molecule has 3 heterocycles. The normalized spacial score (nSPS) is 11.1. The Morgan fingerprint density at radius 3 is 2.50 bits per heavy atom. The Bertz CT molecular complexity index is 1430. The van der Waals surface area contributed by atoms with E-state index in [2.05, 4.69) is 5.32 Å². The molecule has 0 bridgehead atoms. The molecule has 0 saturated carbocycles. The lowest BCUT2D eigenvalue weighted by atomic mass is 10.0. The van der Waals surface area contributed by atoms with E-state index in [0.29, 0.717) is 26.1 Å². The number of nitrogens with one attached hydrogen (secondary N) is 1. The zero-order valence-electron chi connectivity index (χ0n) is 16.4. The van der Waals surface area contributed by atoms with Gasteiger partial charge in [0.1, 0.15) is 15.5 Å². The molecule has 0 atom stereocenters. The quantitative estimate of drug-likeness (QED) is 0.284. The number of carbonyl (C=O) groups is 1. The van der Waals surface area contributed by atoms with Gasteiger partial charge in [0.15, 0.2) is 0 Å². The lowest BCUT2D eigenvalue weighted by molar-refractivity contribution is 0.103. The number of hydrogen-bond acceptors (Lipinski definition) is 5. The number of halogens is 2. The van der Waals surface area contributed by atoms with Gasteiger partial charge in [0.05, 0.1) is 16.3 Å². The molecule has 2 aromatic carbocycles. The Kier molecular flexibility index (Phi) is 5.38. The first-order valence-electron chi connectivity index (χ1n) is 9.59. The molecule has 0 radical (unpaired) electrons. The minimum atomic E-state index is -0.373. The first-order valence-corrected chi connectivity index (χ1v) is 11.7. The van der Waals surface area contributed by atoms with Crippen molar-refractivity contribution in [1.82, 2.24) is 4.98 Å². The number of anilines is 2. The van der Waals surface area contributed by atoms with Gasteiger partial charge in [-0.25, -0.2) is 9.37 Å². The maximum atomic E-state index is 13.2. The molecule has 4 nitrogen and oxygen atoms in total. The predicted octanol–water partition coefficient (Wildman–Crippen LogP) is 7.32. The van der Waals surface area contributed by atoms with E-state index >= 15 is 0 Å². The van der Waals surface area contributed by atoms with Gasteiger partial charge in [0, 0.05) is 16.1 Å². The van der Waals surface area contributed by atoms with Crippen molar-refractivity contribution in [2.24, 2.45) is 0 Å². The van der Waals surface area contributed by atoms with Crippen LogP contribution in [0.25, 0.3) is 31.9 Å². The topological polar surface area (TPSA) is 68.0 Å². The lowest BCUT2D eigenvalue weighted by Crippen LogP contribution is -2.11. The van der Waals surface area contributed by atoms with Crippen molar-refractivity contribution in [2.75, 3.05) is 11.1 Å². The molecule has 0 aliphatic carbocycles. The van der Waals surface area contributed by atoms with Gasteiger partial charge in [0.2, 0.25) is 0 Å². The number of rotatable bonds is 4. The van der Waals surface area contributed by atoms with Crippen LogP contribution in [0.1, 0.15) is 9.67 Å². The molecule has 1 amide bonds. The van der Waals surface area contributed by atoms with Crippen molar-refractivity contribution in [2.45, 2.75) is 0 Å². The van der Waals surface area contributed by atoms with Crippen LogP contribution in [0.15, 0.2) is 72.1 Å². The average molecular weight is 480 g/mol. The largest absolute Gasteiger partial charge is 0.397 e. The summed E-state index contributed by atoms with van der Waals surface area (Å²) in [5.41, 5.74) is 9.94. The number of fused-ring (bicyclic) bond motifs is 1. The second-order valence-corrected chi connectivity index (χ2v) is 9.41. The summed E-state index contributed by atoms with van der Waals surface area (Å²) >= 11 is 8.91. The molecule has 0 fully saturated rings. The van der Waals surface area contributed by atoms with Gasteiger partial charge in [0.25, 0.3) is 5.91 Å². The summed E-state index contributed by atoms with van der Waals surface area (Å²) in [6, 6.07) is 19.0. The zero-order valence-corrected chi connectivity index (χ0v) is 18.8. The number of nitrogen functional groups attached to an aromatic ring is 1. The summed E-state index contributed by atoms with van der Waals surface area (Å²) in [6.45, 7) is 0. The minimum Gasteiger partial charge on any atom is -0.397 e. The fraction of sp³-hybridized carbons (Fsp3) is 0. The van der Waals surface area contributed by atoms with Gasteiger partial charge in [-0.15, -0.1) is 22.7 Å². The molecule has 3 N–H and O–H groups in total. The molecule has 3 aromatic heterocycles. The number of thiophene rings is 2. The summed E-state index contributed by atoms with van der Waals surface area (Å²) < 4.78 is 13.2. The van der Waals surface area contributed by atoms with Gasteiger partial charge in [-0.2, -0.15) is 0 Å². The van der Waals surface area contributed by atoms with Crippen molar-refractivity contribution in [3.63, 3.8) is 0 Å². The van der Waals surface area contributed by atoms with E-state index in [1.165, 1.54) is 35.6 Å². The predicted molar refractivity (Wildman–Crippen MR) is 132 cm³/mol. The van der Waals surface area contributed by atoms with Crippen LogP contribution in [0.2, 0.25) is 5.02 Å². The van der Waals surface area contributed by atoms with Crippen molar-refractivity contribution in [3.8, 4) is 21.7 Å². The minimum absolute atomic E-state index is 0.357. The van der Waals surface area contributed by atoms with Crippen LogP contribution < -0.4 is 11.1 Å². The standard InChI is InChI=1S/C24H15ClFN3OS2/c25-14-5-3-13(4-6-14)17-12-18(19-2-1-11-31-19)29-24-20(17)21(27)22(32-24)23(30)28-16-9-7-15(26)8-10-16/h1-12H,27H2,(H,28,30). The molecule has 0 spiro atoms. The molecular formula is C24H15ClFN3OS2. The SMILES string of the molecule is Nc1c(C(=O)Nc2ccc(F)cc2)sc2nc(-c3cccs3)cc(-c3ccc(Cl)cc3)c12. The Morgan fingerprint density at radius 2 is 1.81 bits per heavy atom. The van der Waals surface area contributed by atoms with Gasteiger partial charge in [-0.1, -0.05) is 29.8 Å². The first-order chi connectivity index (χ1) is 15.5. The third kappa shape index (κ3) is 3.86. The van der Waals surface area contributed by atoms with Crippen molar-refractivity contribution < 1.29 is 9.18 Å². The van der Waals surface area contributed by atoms with Crippen molar-refractivity contribution >= 4 is 61.8 Å². The molecule has 0 aliphatic heterocycles. The van der Waals surface area contributed by atoms with Gasteiger partial charge in [-0.05, 0) is 65.0 Å². The Hall–Kier alpha value is -3.26. The van der Waals surface area contributed by atoms with Crippen LogP contribution in [0.5, 0.6) is 0 Å². The summed E-state index contributed by atoms with van der Waals surface area (Å²) in [4.78, 5) is 19.8. The fourth-order valence-corrected chi connectivity index (χ4v) is 5.25. The Balaban J connectivity index is 1.65. The summed E-state index contributed by atoms with van der Waals surface area (Å²) in [5.74, 6) is -0.737. The molecule has 8 heteroatoms. The first kappa shape index (κ1) is 20.6. The van der Waals surface area contributed by atoms with Crippen LogP contribution in [0.4, 0.5) is 15.8 Å². The number of pyridine rings is 1. The van der Waals surface area contributed by atoms with Gasteiger partial charge >= 0.3 is 0 Å². The maximum Gasteiger partial charge on any atom is 0.267 e. The second kappa shape index (κ2) is 8.35. The highest BCUT2D eigenvalue weighted by molar-refractivity contribution is 7.21. The molecule has 0 unspecified atom stereocenters. The van der Waals surface area contributed by atoms with Crippen LogP contribution in [0, 0.1) is 5.82 Å². The highest BCUT2D eigenvalue weighted by atomic mass is 35.5.